The van der Waals surface area contributed by atoms with E-state index in [0.29, 0.717) is 15.3 Å². The number of hydrogen-bond donors (Lipinski definition) is 1. The van der Waals surface area contributed by atoms with Crippen molar-refractivity contribution < 1.29 is 0 Å². The first-order valence-electron chi connectivity index (χ1n) is 5.08. The first-order chi connectivity index (χ1) is 7.25. The normalized spacial score (nSPS) is 16.9. The molecule has 0 spiro atoms. The summed E-state index contributed by atoms with van der Waals surface area (Å²) in [6, 6.07) is 5.87. The van der Waals surface area contributed by atoms with Crippen LogP contribution < -0.4 is 5.32 Å². The average Bonchev–Trinajstić information content (AvgIpc) is 2.25. The maximum atomic E-state index is 5.97. The summed E-state index contributed by atoms with van der Waals surface area (Å²) in [6.45, 7) is 2.25. The number of thioether (sulfide) groups is 1. The van der Waals surface area contributed by atoms with Gasteiger partial charge in [-0.2, -0.15) is 0 Å². The van der Waals surface area contributed by atoms with Gasteiger partial charge in [0.15, 0.2) is 0 Å². The summed E-state index contributed by atoms with van der Waals surface area (Å²) < 4.78 is 0. The molecule has 1 N–H and O–H groups in total. The van der Waals surface area contributed by atoms with Gasteiger partial charge in [-0.25, -0.2) is 0 Å². The molecule has 0 atom stereocenters. The molecule has 0 bridgehead atoms. The van der Waals surface area contributed by atoms with Gasteiger partial charge in [0, 0.05) is 10.1 Å². The van der Waals surface area contributed by atoms with Gasteiger partial charge >= 0.3 is 0 Å². The summed E-state index contributed by atoms with van der Waals surface area (Å²) in [4.78, 5) is 1.22. The monoisotopic (exact) mass is 341 g/mol. The molecule has 1 heterocycles. The van der Waals surface area contributed by atoms with E-state index in [-0.39, 0.29) is 17.0 Å². The Morgan fingerprint density at radius 1 is 1.12 bits per heavy atom. The fourth-order valence-corrected chi connectivity index (χ4v) is 3.21. The van der Waals surface area contributed by atoms with Gasteiger partial charge in [0.05, 0.1) is 10.0 Å². The molecule has 0 aliphatic carbocycles. The SMILES string of the molecule is Br.Clc1ccc(SC2CCNCC2)cc1Cl. The third-order valence-electron chi connectivity index (χ3n) is 2.48. The predicted octanol–water partition coefficient (Wildman–Crippen LogP) is 4.42. The van der Waals surface area contributed by atoms with E-state index in [1.807, 2.05) is 30.0 Å². The number of piperidine rings is 1. The van der Waals surface area contributed by atoms with Gasteiger partial charge in [0.1, 0.15) is 0 Å². The van der Waals surface area contributed by atoms with Gasteiger partial charge in [-0.05, 0) is 44.1 Å². The Morgan fingerprint density at radius 3 is 2.44 bits per heavy atom. The van der Waals surface area contributed by atoms with Crippen molar-refractivity contribution >= 4 is 51.9 Å². The highest BCUT2D eigenvalue weighted by molar-refractivity contribution is 8.93. The highest BCUT2D eigenvalue weighted by atomic mass is 79.9. The van der Waals surface area contributed by atoms with Crippen molar-refractivity contribution in [1.29, 1.82) is 0 Å². The molecule has 0 amide bonds. The van der Waals surface area contributed by atoms with Crippen LogP contribution in [-0.2, 0) is 0 Å². The molecular weight excluding hydrogens is 329 g/mol. The standard InChI is InChI=1S/C11H13Cl2NS.BrH/c12-10-2-1-9(7-11(10)13)15-8-3-5-14-6-4-8;/h1-2,7-8,14H,3-6H2;1H. The van der Waals surface area contributed by atoms with Gasteiger partial charge in [0.2, 0.25) is 0 Å². The number of hydrogen-bond acceptors (Lipinski definition) is 2. The summed E-state index contributed by atoms with van der Waals surface area (Å²) in [7, 11) is 0. The molecule has 1 aromatic carbocycles. The molecule has 0 aromatic heterocycles. The highest BCUT2D eigenvalue weighted by Crippen LogP contribution is 2.32. The van der Waals surface area contributed by atoms with Crippen molar-refractivity contribution in [3.63, 3.8) is 0 Å². The number of rotatable bonds is 2. The second kappa shape index (κ2) is 7.12. The number of nitrogens with one attached hydrogen (secondary N) is 1. The van der Waals surface area contributed by atoms with Crippen LogP contribution in [0.25, 0.3) is 0 Å². The largest absolute Gasteiger partial charge is 0.317 e. The summed E-state index contributed by atoms with van der Waals surface area (Å²) in [5.74, 6) is 0. The molecule has 2 rings (SSSR count). The summed E-state index contributed by atoms with van der Waals surface area (Å²) >= 11 is 13.8. The van der Waals surface area contributed by atoms with E-state index in [2.05, 4.69) is 5.32 Å². The van der Waals surface area contributed by atoms with Crippen LogP contribution in [-0.4, -0.2) is 18.3 Å². The van der Waals surface area contributed by atoms with Crippen molar-refractivity contribution in [2.24, 2.45) is 0 Å². The Balaban J connectivity index is 0.00000128. The van der Waals surface area contributed by atoms with Crippen molar-refractivity contribution in [2.45, 2.75) is 23.0 Å². The fraction of sp³-hybridized carbons (Fsp3) is 0.455. The van der Waals surface area contributed by atoms with Gasteiger partial charge < -0.3 is 5.32 Å². The lowest BCUT2D eigenvalue weighted by atomic mass is 10.2. The summed E-state index contributed by atoms with van der Waals surface area (Å²) in [5.41, 5.74) is 0. The highest BCUT2D eigenvalue weighted by Gasteiger charge is 2.14. The van der Waals surface area contributed by atoms with Gasteiger partial charge in [-0.15, -0.1) is 28.7 Å². The van der Waals surface area contributed by atoms with Gasteiger partial charge in [-0.1, -0.05) is 23.2 Å². The Bertz CT molecular complexity index is 343. The number of halogens is 3. The van der Waals surface area contributed by atoms with E-state index in [9.17, 15) is 0 Å². The third-order valence-corrected chi connectivity index (χ3v) is 4.55. The zero-order chi connectivity index (χ0) is 10.7. The van der Waals surface area contributed by atoms with Gasteiger partial charge in [0.25, 0.3) is 0 Å². The Morgan fingerprint density at radius 2 is 1.81 bits per heavy atom. The molecular formula is C11H14BrCl2NS. The Kier molecular flexibility index (Phi) is 6.52. The quantitative estimate of drug-likeness (QED) is 0.854. The molecule has 0 radical (unpaired) electrons. The van der Waals surface area contributed by atoms with Crippen LogP contribution >= 0.6 is 51.9 Å². The maximum Gasteiger partial charge on any atom is 0.0603 e. The van der Waals surface area contributed by atoms with E-state index in [4.69, 9.17) is 23.2 Å². The maximum absolute atomic E-state index is 5.97. The molecule has 1 aliphatic heterocycles. The molecule has 1 aromatic rings. The number of benzene rings is 1. The lowest BCUT2D eigenvalue weighted by Crippen LogP contribution is -2.29. The molecule has 5 heteroatoms. The third kappa shape index (κ3) is 4.11. The van der Waals surface area contributed by atoms with E-state index >= 15 is 0 Å². The molecule has 0 saturated carbocycles. The molecule has 90 valence electrons. The second-order valence-electron chi connectivity index (χ2n) is 3.64. The molecule has 1 aliphatic rings. The van der Waals surface area contributed by atoms with Crippen LogP contribution in [0.15, 0.2) is 23.1 Å². The van der Waals surface area contributed by atoms with E-state index in [1.54, 1.807) is 0 Å². The molecule has 16 heavy (non-hydrogen) atoms. The second-order valence-corrected chi connectivity index (χ2v) is 5.83. The topological polar surface area (TPSA) is 12.0 Å². The minimum Gasteiger partial charge on any atom is -0.317 e. The zero-order valence-electron chi connectivity index (χ0n) is 8.71. The first kappa shape index (κ1) is 14.7. The summed E-state index contributed by atoms with van der Waals surface area (Å²) in [5, 5.41) is 5.35. The van der Waals surface area contributed by atoms with Crippen LogP contribution in [0.5, 0.6) is 0 Å². The molecule has 1 nitrogen and oxygen atoms in total. The Hall–Kier alpha value is 0.590. The lowest BCUT2D eigenvalue weighted by molar-refractivity contribution is 0.531. The first-order valence-corrected chi connectivity index (χ1v) is 6.72. The van der Waals surface area contributed by atoms with Crippen LogP contribution in [0, 0.1) is 0 Å². The average molecular weight is 343 g/mol. The van der Waals surface area contributed by atoms with E-state index < -0.39 is 0 Å². The molecule has 1 fully saturated rings. The van der Waals surface area contributed by atoms with Crippen LogP contribution in [0.3, 0.4) is 0 Å². The van der Waals surface area contributed by atoms with Crippen molar-refractivity contribution in [3.8, 4) is 0 Å². The Labute approximate surface area is 121 Å². The van der Waals surface area contributed by atoms with E-state index in [0.717, 1.165) is 13.1 Å². The van der Waals surface area contributed by atoms with Crippen LogP contribution in [0.1, 0.15) is 12.8 Å². The van der Waals surface area contributed by atoms with E-state index in [1.165, 1.54) is 17.7 Å². The van der Waals surface area contributed by atoms with Crippen molar-refractivity contribution in [2.75, 3.05) is 13.1 Å². The van der Waals surface area contributed by atoms with Crippen LogP contribution in [0.2, 0.25) is 10.0 Å². The fourth-order valence-electron chi connectivity index (χ4n) is 1.66. The van der Waals surface area contributed by atoms with Crippen molar-refractivity contribution in [3.05, 3.63) is 28.2 Å². The minimum atomic E-state index is 0. The van der Waals surface area contributed by atoms with Crippen LogP contribution in [0.4, 0.5) is 0 Å². The molecule has 0 unspecified atom stereocenters. The zero-order valence-corrected chi connectivity index (χ0v) is 12.8. The van der Waals surface area contributed by atoms with Crippen molar-refractivity contribution in [1.82, 2.24) is 5.32 Å². The molecule has 1 saturated heterocycles. The smallest absolute Gasteiger partial charge is 0.0603 e. The predicted molar refractivity (Wildman–Crippen MR) is 78.5 cm³/mol. The van der Waals surface area contributed by atoms with Gasteiger partial charge in [-0.3, -0.25) is 0 Å². The summed E-state index contributed by atoms with van der Waals surface area (Å²) in [6.07, 6.45) is 2.45. The lowest BCUT2D eigenvalue weighted by Gasteiger charge is -2.22. The minimum absolute atomic E-state index is 0.